The maximum absolute atomic E-state index is 13.1. The average Bonchev–Trinajstić information content (AvgIpc) is 3.06. The minimum absolute atomic E-state index is 0.155. The summed E-state index contributed by atoms with van der Waals surface area (Å²) in [5.41, 5.74) is 3.61. The predicted molar refractivity (Wildman–Crippen MR) is 109 cm³/mol. The Morgan fingerprint density at radius 3 is 2.39 bits per heavy atom. The molecular formula is C23H20FN3O. The van der Waals surface area contributed by atoms with Crippen LogP contribution in [0.5, 0.6) is 0 Å². The van der Waals surface area contributed by atoms with Gasteiger partial charge >= 0.3 is 0 Å². The number of carbonyl (C=O) groups is 1. The van der Waals surface area contributed by atoms with Crippen LogP contribution in [0.25, 0.3) is 11.0 Å². The Labute approximate surface area is 162 Å². The lowest BCUT2D eigenvalue weighted by Gasteiger charge is -2.10. The molecule has 0 bridgehead atoms. The van der Waals surface area contributed by atoms with Gasteiger partial charge in [0, 0.05) is 12.1 Å². The smallest absolute Gasteiger partial charge is 0.244 e. The molecule has 0 fully saturated rings. The molecule has 4 aromatic rings. The number of carbonyl (C=O) groups excluding carboxylic acids is 1. The predicted octanol–water partition coefficient (Wildman–Crippen LogP) is 4.60. The number of halogens is 1. The Morgan fingerprint density at radius 2 is 1.61 bits per heavy atom. The number of rotatable bonds is 6. The van der Waals surface area contributed by atoms with Crippen molar-refractivity contribution < 1.29 is 9.18 Å². The number of hydrogen-bond acceptors (Lipinski definition) is 2. The Kier molecular flexibility index (Phi) is 5.15. The molecule has 0 radical (unpaired) electrons. The molecule has 0 unspecified atom stereocenters. The lowest BCUT2D eigenvalue weighted by Crippen LogP contribution is -2.20. The lowest BCUT2D eigenvalue weighted by atomic mass is 10.1. The summed E-state index contributed by atoms with van der Waals surface area (Å²) >= 11 is 0. The molecule has 28 heavy (non-hydrogen) atoms. The number of benzene rings is 3. The van der Waals surface area contributed by atoms with E-state index < -0.39 is 0 Å². The van der Waals surface area contributed by atoms with Crippen LogP contribution in [-0.2, 0) is 24.2 Å². The number of aryl methyl sites for hydroxylation is 2. The van der Waals surface area contributed by atoms with E-state index in [1.165, 1.54) is 17.7 Å². The van der Waals surface area contributed by atoms with Gasteiger partial charge in [-0.05, 0) is 48.4 Å². The molecule has 1 amide bonds. The van der Waals surface area contributed by atoms with Crippen LogP contribution in [0.3, 0.4) is 0 Å². The second-order valence-electron chi connectivity index (χ2n) is 6.64. The number of anilines is 1. The standard InChI is InChI=1S/C23H20FN3O/c24-18-11-13-19(14-12-18)25-23(28)16-27-21-9-5-4-8-20(21)26-22(27)15-10-17-6-2-1-3-7-17/h1-9,11-14H,10,15-16H2,(H,25,28). The number of nitrogens with zero attached hydrogens (tertiary/aromatic N) is 2. The maximum atomic E-state index is 13.1. The molecular weight excluding hydrogens is 353 g/mol. The van der Waals surface area contributed by atoms with E-state index in [1.54, 1.807) is 12.1 Å². The van der Waals surface area contributed by atoms with Crippen molar-refractivity contribution in [3.63, 3.8) is 0 Å². The van der Waals surface area contributed by atoms with E-state index in [0.717, 1.165) is 29.7 Å². The summed E-state index contributed by atoms with van der Waals surface area (Å²) < 4.78 is 15.0. The first-order chi connectivity index (χ1) is 13.7. The highest BCUT2D eigenvalue weighted by molar-refractivity contribution is 5.91. The summed E-state index contributed by atoms with van der Waals surface area (Å²) in [6, 6.07) is 23.8. The third kappa shape index (κ3) is 4.09. The van der Waals surface area contributed by atoms with Crippen LogP contribution in [-0.4, -0.2) is 15.5 Å². The molecule has 0 aliphatic carbocycles. The van der Waals surface area contributed by atoms with Crippen molar-refractivity contribution in [2.45, 2.75) is 19.4 Å². The minimum Gasteiger partial charge on any atom is -0.325 e. The van der Waals surface area contributed by atoms with Gasteiger partial charge in [-0.1, -0.05) is 42.5 Å². The largest absolute Gasteiger partial charge is 0.325 e. The first-order valence-electron chi connectivity index (χ1n) is 9.22. The Morgan fingerprint density at radius 1 is 0.893 bits per heavy atom. The van der Waals surface area contributed by atoms with Crippen LogP contribution >= 0.6 is 0 Å². The number of hydrogen-bond donors (Lipinski definition) is 1. The van der Waals surface area contributed by atoms with Crippen molar-refractivity contribution in [3.05, 3.63) is 96.1 Å². The van der Waals surface area contributed by atoms with Gasteiger partial charge in [0.05, 0.1) is 11.0 Å². The number of imidazole rings is 1. The number of nitrogens with one attached hydrogen (secondary N) is 1. The van der Waals surface area contributed by atoms with E-state index in [1.807, 2.05) is 47.0 Å². The van der Waals surface area contributed by atoms with Gasteiger partial charge in [0.1, 0.15) is 18.2 Å². The third-order valence-corrected chi connectivity index (χ3v) is 4.64. The zero-order chi connectivity index (χ0) is 19.3. The molecule has 4 rings (SSSR count). The maximum Gasteiger partial charge on any atom is 0.244 e. The molecule has 0 saturated heterocycles. The zero-order valence-electron chi connectivity index (χ0n) is 15.3. The van der Waals surface area contributed by atoms with Crippen LogP contribution in [0, 0.1) is 5.82 Å². The van der Waals surface area contributed by atoms with Crippen LogP contribution in [0.4, 0.5) is 10.1 Å². The number of para-hydroxylation sites is 2. The summed E-state index contributed by atoms with van der Waals surface area (Å²) in [6.07, 6.45) is 1.59. The highest BCUT2D eigenvalue weighted by atomic mass is 19.1. The van der Waals surface area contributed by atoms with Gasteiger partial charge < -0.3 is 9.88 Å². The first kappa shape index (κ1) is 17.9. The number of fused-ring (bicyclic) bond motifs is 1. The van der Waals surface area contributed by atoms with Crippen molar-refractivity contribution in [1.82, 2.24) is 9.55 Å². The molecule has 1 heterocycles. The fourth-order valence-electron chi connectivity index (χ4n) is 3.27. The van der Waals surface area contributed by atoms with Gasteiger partial charge in [-0.25, -0.2) is 9.37 Å². The molecule has 0 aliphatic heterocycles. The van der Waals surface area contributed by atoms with E-state index in [9.17, 15) is 9.18 Å². The van der Waals surface area contributed by atoms with Gasteiger partial charge in [-0.3, -0.25) is 4.79 Å². The van der Waals surface area contributed by atoms with Gasteiger partial charge in [-0.2, -0.15) is 0 Å². The van der Waals surface area contributed by atoms with Gasteiger partial charge in [0.15, 0.2) is 0 Å². The molecule has 0 spiro atoms. The number of amides is 1. The van der Waals surface area contributed by atoms with Gasteiger partial charge in [0.25, 0.3) is 0 Å². The number of aromatic nitrogens is 2. The molecule has 0 saturated carbocycles. The summed E-state index contributed by atoms with van der Waals surface area (Å²) in [5.74, 6) is 0.372. The second kappa shape index (κ2) is 8.05. The highest BCUT2D eigenvalue weighted by Crippen LogP contribution is 2.18. The Hall–Kier alpha value is -3.47. The van der Waals surface area contributed by atoms with E-state index in [0.29, 0.717) is 5.69 Å². The second-order valence-corrected chi connectivity index (χ2v) is 6.64. The molecule has 0 aliphatic rings. The van der Waals surface area contributed by atoms with E-state index in [2.05, 4.69) is 17.4 Å². The van der Waals surface area contributed by atoms with E-state index in [-0.39, 0.29) is 18.3 Å². The normalized spacial score (nSPS) is 10.9. The SMILES string of the molecule is O=C(Cn1c(CCc2ccccc2)nc2ccccc21)Nc1ccc(F)cc1. The Bertz CT molecular complexity index is 1090. The quantitative estimate of drug-likeness (QED) is 0.537. The van der Waals surface area contributed by atoms with Crippen LogP contribution in [0.2, 0.25) is 0 Å². The highest BCUT2D eigenvalue weighted by Gasteiger charge is 2.14. The van der Waals surface area contributed by atoms with Crippen molar-refractivity contribution >= 4 is 22.6 Å². The van der Waals surface area contributed by atoms with Crippen LogP contribution in [0.15, 0.2) is 78.9 Å². The fourth-order valence-corrected chi connectivity index (χ4v) is 3.27. The molecule has 140 valence electrons. The van der Waals surface area contributed by atoms with Crippen molar-refractivity contribution in [2.24, 2.45) is 0 Å². The van der Waals surface area contributed by atoms with Crippen molar-refractivity contribution in [2.75, 3.05) is 5.32 Å². The topological polar surface area (TPSA) is 46.9 Å². The Balaban J connectivity index is 1.55. The summed E-state index contributed by atoms with van der Waals surface area (Å²) in [5, 5.41) is 2.82. The fraction of sp³-hybridized carbons (Fsp3) is 0.130. The zero-order valence-corrected chi connectivity index (χ0v) is 15.3. The molecule has 0 atom stereocenters. The molecule has 1 N–H and O–H groups in total. The minimum atomic E-state index is -0.332. The van der Waals surface area contributed by atoms with Crippen molar-refractivity contribution in [1.29, 1.82) is 0 Å². The molecule has 5 heteroatoms. The first-order valence-corrected chi connectivity index (χ1v) is 9.22. The monoisotopic (exact) mass is 373 g/mol. The molecule has 1 aromatic heterocycles. The average molecular weight is 373 g/mol. The third-order valence-electron chi connectivity index (χ3n) is 4.64. The lowest BCUT2D eigenvalue weighted by molar-refractivity contribution is -0.116. The van der Waals surface area contributed by atoms with E-state index >= 15 is 0 Å². The van der Waals surface area contributed by atoms with Gasteiger partial charge in [-0.15, -0.1) is 0 Å². The van der Waals surface area contributed by atoms with Crippen molar-refractivity contribution in [3.8, 4) is 0 Å². The van der Waals surface area contributed by atoms with E-state index in [4.69, 9.17) is 4.98 Å². The molecule has 3 aromatic carbocycles. The van der Waals surface area contributed by atoms with Crippen LogP contribution < -0.4 is 5.32 Å². The summed E-state index contributed by atoms with van der Waals surface area (Å²) in [6.45, 7) is 0.155. The van der Waals surface area contributed by atoms with Crippen LogP contribution in [0.1, 0.15) is 11.4 Å². The summed E-state index contributed by atoms with van der Waals surface area (Å²) in [7, 11) is 0. The van der Waals surface area contributed by atoms with Gasteiger partial charge in [0.2, 0.25) is 5.91 Å². The molecule has 4 nitrogen and oxygen atoms in total. The summed E-state index contributed by atoms with van der Waals surface area (Å²) in [4.78, 5) is 17.3.